The van der Waals surface area contributed by atoms with Crippen molar-refractivity contribution in [1.29, 1.82) is 0 Å². The zero-order chi connectivity index (χ0) is 12.4. The summed E-state index contributed by atoms with van der Waals surface area (Å²) < 4.78 is 13.8. The van der Waals surface area contributed by atoms with Crippen molar-refractivity contribution < 1.29 is 4.39 Å². The summed E-state index contributed by atoms with van der Waals surface area (Å²) in [6.45, 7) is 4.00. The van der Waals surface area contributed by atoms with E-state index in [2.05, 4.69) is 18.3 Å². The van der Waals surface area contributed by atoms with Crippen molar-refractivity contribution in [2.24, 2.45) is 0 Å². The molecule has 3 heteroatoms. The minimum atomic E-state index is -0.143. The Labute approximate surface area is 105 Å². The molecule has 0 fully saturated rings. The maximum atomic E-state index is 13.8. The molecule has 1 N–H and O–H groups in total. The lowest BCUT2D eigenvalue weighted by molar-refractivity contribution is 0.630. The molecule has 0 spiro atoms. The largest absolute Gasteiger partial charge is 0.313 e. The fourth-order valence-corrected chi connectivity index (χ4v) is 2.79. The van der Waals surface area contributed by atoms with Crippen molar-refractivity contribution in [3.8, 4) is 10.4 Å². The molecule has 1 aromatic heterocycles. The van der Waals surface area contributed by atoms with Gasteiger partial charge in [-0.3, -0.25) is 0 Å². The Morgan fingerprint density at radius 3 is 2.65 bits per heavy atom. The fourth-order valence-electron chi connectivity index (χ4n) is 1.69. The molecule has 90 valence electrons. The highest BCUT2D eigenvalue weighted by molar-refractivity contribution is 7.15. The molecule has 0 bridgehead atoms. The van der Waals surface area contributed by atoms with Crippen LogP contribution in [-0.4, -0.2) is 7.05 Å². The Morgan fingerprint density at radius 2 is 2.00 bits per heavy atom. The monoisotopic (exact) mass is 249 g/mol. The lowest BCUT2D eigenvalue weighted by Gasteiger charge is -2.06. The summed E-state index contributed by atoms with van der Waals surface area (Å²) in [5.74, 6) is -0.143. The standard InChI is InChI=1S/C14H16FNS/c1-9-4-5-11(12(15)8-9)14-7-6-13(17-14)10(2)16-3/h4-8,10,16H,1-3H3. The van der Waals surface area contributed by atoms with Gasteiger partial charge in [-0.2, -0.15) is 0 Å². The first-order valence-corrected chi connectivity index (χ1v) is 6.47. The molecule has 0 saturated heterocycles. The van der Waals surface area contributed by atoms with E-state index in [0.29, 0.717) is 11.6 Å². The summed E-state index contributed by atoms with van der Waals surface area (Å²) in [4.78, 5) is 2.21. The molecule has 17 heavy (non-hydrogen) atoms. The van der Waals surface area contributed by atoms with E-state index in [-0.39, 0.29) is 5.82 Å². The van der Waals surface area contributed by atoms with Gasteiger partial charge in [0.05, 0.1) is 0 Å². The highest BCUT2D eigenvalue weighted by Crippen LogP contribution is 2.32. The van der Waals surface area contributed by atoms with Crippen molar-refractivity contribution in [3.05, 3.63) is 46.6 Å². The van der Waals surface area contributed by atoms with Crippen LogP contribution in [0.5, 0.6) is 0 Å². The van der Waals surface area contributed by atoms with E-state index in [9.17, 15) is 4.39 Å². The smallest absolute Gasteiger partial charge is 0.132 e. The second-order valence-electron chi connectivity index (χ2n) is 4.20. The Balaban J connectivity index is 2.37. The van der Waals surface area contributed by atoms with Crippen LogP contribution in [0, 0.1) is 12.7 Å². The number of hydrogen-bond donors (Lipinski definition) is 1. The highest BCUT2D eigenvalue weighted by atomic mass is 32.1. The van der Waals surface area contributed by atoms with E-state index >= 15 is 0 Å². The summed E-state index contributed by atoms with van der Waals surface area (Å²) in [5.41, 5.74) is 1.64. The number of halogens is 1. The fraction of sp³-hybridized carbons (Fsp3) is 0.286. The second-order valence-corrected chi connectivity index (χ2v) is 5.31. The van der Waals surface area contributed by atoms with Crippen LogP contribution in [0.3, 0.4) is 0 Å². The van der Waals surface area contributed by atoms with E-state index < -0.39 is 0 Å². The van der Waals surface area contributed by atoms with E-state index in [1.54, 1.807) is 17.4 Å². The van der Waals surface area contributed by atoms with Gasteiger partial charge in [0.2, 0.25) is 0 Å². The van der Waals surface area contributed by atoms with Gasteiger partial charge < -0.3 is 5.32 Å². The van der Waals surface area contributed by atoms with Crippen molar-refractivity contribution in [3.63, 3.8) is 0 Å². The Hall–Kier alpha value is -1.19. The van der Waals surface area contributed by atoms with Crippen LogP contribution in [0.25, 0.3) is 10.4 Å². The molecule has 2 rings (SSSR count). The summed E-state index contributed by atoms with van der Waals surface area (Å²) in [6.07, 6.45) is 0. The van der Waals surface area contributed by atoms with Gasteiger partial charge in [0.15, 0.2) is 0 Å². The summed E-state index contributed by atoms with van der Waals surface area (Å²) >= 11 is 1.64. The van der Waals surface area contributed by atoms with Crippen molar-refractivity contribution in [2.75, 3.05) is 7.05 Å². The van der Waals surface area contributed by atoms with Crippen LogP contribution in [0.4, 0.5) is 4.39 Å². The number of hydrogen-bond acceptors (Lipinski definition) is 2. The first-order chi connectivity index (χ1) is 8.11. The van der Waals surface area contributed by atoms with Gasteiger partial charge in [-0.25, -0.2) is 4.39 Å². The third kappa shape index (κ3) is 2.56. The van der Waals surface area contributed by atoms with E-state index in [1.807, 2.05) is 32.2 Å². The lowest BCUT2D eigenvalue weighted by atomic mass is 10.1. The predicted octanol–water partition coefficient (Wildman–Crippen LogP) is 4.14. The molecule has 1 atom stereocenters. The highest BCUT2D eigenvalue weighted by Gasteiger charge is 2.10. The number of nitrogens with one attached hydrogen (secondary N) is 1. The minimum Gasteiger partial charge on any atom is -0.313 e. The molecule has 0 amide bonds. The van der Waals surface area contributed by atoms with Gasteiger partial charge in [0.1, 0.15) is 5.82 Å². The molecule has 0 aliphatic carbocycles. The number of rotatable bonds is 3. The number of benzene rings is 1. The maximum absolute atomic E-state index is 13.8. The maximum Gasteiger partial charge on any atom is 0.132 e. The van der Waals surface area contributed by atoms with E-state index in [0.717, 1.165) is 10.4 Å². The van der Waals surface area contributed by atoms with Gasteiger partial charge >= 0.3 is 0 Å². The molecule has 1 aromatic carbocycles. The van der Waals surface area contributed by atoms with Crippen LogP contribution in [0.1, 0.15) is 23.4 Å². The average molecular weight is 249 g/mol. The zero-order valence-electron chi connectivity index (χ0n) is 10.3. The molecule has 0 aliphatic heterocycles. The third-order valence-electron chi connectivity index (χ3n) is 2.88. The Bertz CT molecular complexity index is 519. The van der Waals surface area contributed by atoms with Crippen LogP contribution >= 0.6 is 11.3 Å². The number of thiophene rings is 1. The van der Waals surface area contributed by atoms with Gasteiger partial charge in [-0.05, 0) is 44.7 Å². The van der Waals surface area contributed by atoms with E-state index in [4.69, 9.17) is 0 Å². The molecular weight excluding hydrogens is 233 g/mol. The second kappa shape index (κ2) is 4.98. The Morgan fingerprint density at radius 1 is 1.24 bits per heavy atom. The molecule has 0 saturated carbocycles. The predicted molar refractivity (Wildman–Crippen MR) is 71.9 cm³/mol. The lowest BCUT2D eigenvalue weighted by Crippen LogP contribution is -2.10. The number of aryl methyl sites for hydroxylation is 1. The van der Waals surface area contributed by atoms with Crippen molar-refractivity contribution in [2.45, 2.75) is 19.9 Å². The van der Waals surface area contributed by atoms with Gasteiger partial charge in [-0.15, -0.1) is 11.3 Å². The van der Waals surface area contributed by atoms with Crippen LogP contribution < -0.4 is 5.32 Å². The molecular formula is C14H16FNS. The molecule has 0 aliphatic rings. The normalized spacial score (nSPS) is 12.7. The topological polar surface area (TPSA) is 12.0 Å². The van der Waals surface area contributed by atoms with Crippen LogP contribution in [0.2, 0.25) is 0 Å². The first-order valence-electron chi connectivity index (χ1n) is 5.65. The summed E-state index contributed by atoms with van der Waals surface area (Å²) in [5, 5.41) is 3.19. The SMILES string of the molecule is CNC(C)c1ccc(-c2ccc(C)cc2F)s1. The quantitative estimate of drug-likeness (QED) is 0.862. The molecule has 1 nitrogen and oxygen atoms in total. The van der Waals surface area contributed by atoms with Crippen molar-refractivity contribution in [1.82, 2.24) is 5.32 Å². The summed E-state index contributed by atoms with van der Waals surface area (Å²) in [7, 11) is 1.93. The third-order valence-corrected chi connectivity index (χ3v) is 4.18. The van der Waals surface area contributed by atoms with Gasteiger partial charge in [0, 0.05) is 21.4 Å². The van der Waals surface area contributed by atoms with E-state index in [1.165, 1.54) is 4.88 Å². The Kier molecular flexibility index (Phi) is 3.60. The van der Waals surface area contributed by atoms with Gasteiger partial charge in [-0.1, -0.05) is 12.1 Å². The molecule has 2 aromatic rings. The molecule has 0 radical (unpaired) electrons. The molecule has 1 unspecified atom stereocenters. The first kappa shape index (κ1) is 12.3. The van der Waals surface area contributed by atoms with Crippen molar-refractivity contribution >= 4 is 11.3 Å². The minimum absolute atomic E-state index is 0.143. The zero-order valence-corrected chi connectivity index (χ0v) is 11.1. The molecule has 1 heterocycles. The van der Waals surface area contributed by atoms with Gasteiger partial charge in [0.25, 0.3) is 0 Å². The summed E-state index contributed by atoms with van der Waals surface area (Å²) in [6, 6.07) is 9.73. The van der Waals surface area contributed by atoms with Crippen LogP contribution in [0.15, 0.2) is 30.3 Å². The van der Waals surface area contributed by atoms with Crippen LogP contribution in [-0.2, 0) is 0 Å². The average Bonchev–Trinajstić information content (AvgIpc) is 2.77.